The van der Waals surface area contributed by atoms with E-state index in [2.05, 4.69) is 20.8 Å². The maximum atomic E-state index is 9.81. The first-order valence-corrected chi connectivity index (χ1v) is 10.1. The van der Waals surface area contributed by atoms with Gasteiger partial charge in [0.05, 0.1) is 0 Å². The molecule has 0 aromatic rings. The standard InChI is InChI=1S/C9H16O.C8H14O.C6H10O/c1-2-3-4-5-6-7-8-9-10;1-2-3-4-5-6-7-8-9;1-2-3-4-5-6-7/h7-9H,2-6H2,1H3;6-8H,2-5H2,1H3;4-6H,2-3H2,1H3. The van der Waals surface area contributed by atoms with E-state index >= 15 is 0 Å². The second-order valence-electron chi connectivity index (χ2n) is 5.83. The second kappa shape index (κ2) is 34.5. The lowest BCUT2D eigenvalue weighted by Crippen LogP contribution is -1.73. The highest BCUT2D eigenvalue weighted by Crippen LogP contribution is 2.02. The Morgan fingerprint density at radius 1 is 0.462 bits per heavy atom. The highest BCUT2D eigenvalue weighted by molar-refractivity contribution is 5.65. The van der Waals surface area contributed by atoms with E-state index in [4.69, 9.17) is 0 Å². The van der Waals surface area contributed by atoms with E-state index in [1.54, 1.807) is 12.2 Å². The van der Waals surface area contributed by atoms with Gasteiger partial charge >= 0.3 is 0 Å². The molecular formula is C23H40O3. The van der Waals surface area contributed by atoms with Gasteiger partial charge < -0.3 is 0 Å². The average Bonchev–Trinajstić information content (AvgIpc) is 2.66. The molecule has 0 radical (unpaired) electrons. The predicted octanol–water partition coefficient (Wildman–Crippen LogP) is 6.58. The molecule has 0 N–H and O–H groups in total. The number of carbonyl (C=O) groups excluding carboxylic acids is 3. The topological polar surface area (TPSA) is 51.2 Å². The molecule has 0 aliphatic heterocycles. The maximum Gasteiger partial charge on any atom is 0.142 e. The molecule has 0 amide bonds. The number of rotatable bonds is 14. The summed E-state index contributed by atoms with van der Waals surface area (Å²) in [6, 6.07) is 0. The number of unbranched alkanes of at least 4 members (excludes halogenated alkanes) is 8. The van der Waals surface area contributed by atoms with Gasteiger partial charge in [-0.25, -0.2) is 0 Å². The molecule has 0 atom stereocenters. The van der Waals surface area contributed by atoms with E-state index < -0.39 is 0 Å². The minimum atomic E-state index is 0.801. The van der Waals surface area contributed by atoms with Crippen molar-refractivity contribution in [2.45, 2.75) is 91.4 Å². The Kier molecular flexibility index (Phi) is 38.5. The van der Waals surface area contributed by atoms with Crippen molar-refractivity contribution in [1.82, 2.24) is 0 Å². The van der Waals surface area contributed by atoms with Gasteiger partial charge in [0.1, 0.15) is 18.9 Å². The number of aldehydes is 3. The number of hydrogen-bond donors (Lipinski definition) is 0. The van der Waals surface area contributed by atoms with Crippen LogP contribution in [0.15, 0.2) is 36.5 Å². The number of carbonyl (C=O) groups is 3. The average molecular weight is 365 g/mol. The van der Waals surface area contributed by atoms with Gasteiger partial charge in [0.2, 0.25) is 0 Å². The van der Waals surface area contributed by atoms with Gasteiger partial charge in [-0.05, 0) is 50.3 Å². The van der Waals surface area contributed by atoms with Crippen molar-refractivity contribution >= 4 is 18.9 Å². The molecule has 0 saturated heterocycles. The van der Waals surface area contributed by atoms with Gasteiger partial charge in [0.25, 0.3) is 0 Å². The molecule has 150 valence electrons. The molecule has 0 aromatic carbocycles. The van der Waals surface area contributed by atoms with E-state index in [0.29, 0.717) is 0 Å². The predicted molar refractivity (Wildman–Crippen MR) is 113 cm³/mol. The van der Waals surface area contributed by atoms with Crippen molar-refractivity contribution in [3.05, 3.63) is 36.5 Å². The van der Waals surface area contributed by atoms with Crippen molar-refractivity contribution in [2.75, 3.05) is 0 Å². The van der Waals surface area contributed by atoms with E-state index in [-0.39, 0.29) is 0 Å². The molecule has 0 saturated carbocycles. The first kappa shape index (κ1) is 29.0. The zero-order valence-electron chi connectivity index (χ0n) is 17.2. The molecule has 0 aliphatic carbocycles. The van der Waals surface area contributed by atoms with Gasteiger partial charge in [-0.2, -0.15) is 0 Å². The molecular weight excluding hydrogens is 324 g/mol. The summed E-state index contributed by atoms with van der Waals surface area (Å²) in [6.07, 6.45) is 25.9. The van der Waals surface area contributed by atoms with Gasteiger partial charge in [-0.15, -0.1) is 0 Å². The first-order valence-electron chi connectivity index (χ1n) is 10.1. The first-order chi connectivity index (χ1) is 12.7. The fraction of sp³-hybridized carbons (Fsp3) is 0.609. The van der Waals surface area contributed by atoms with Crippen LogP contribution in [-0.4, -0.2) is 18.9 Å². The van der Waals surface area contributed by atoms with E-state index in [9.17, 15) is 14.4 Å². The number of allylic oxidation sites excluding steroid dienone is 6. The third kappa shape index (κ3) is 43.2. The molecule has 0 heterocycles. The zero-order chi connectivity index (χ0) is 20.1. The van der Waals surface area contributed by atoms with E-state index in [0.717, 1.165) is 44.5 Å². The summed E-state index contributed by atoms with van der Waals surface area (Å²) in [5, 5.41) is 0. The third-order valence-corrected chi connectivity index (χ3v) is 3.30. The summed E-state index contributed by atoms with van der Waals surface area (Å²) in [4.78, 5) is 29.2. The van der Waals surface area contributed by atoms with Crippen molar-refractivity contribution in [1.29, 1.82) is 0 Å². The molecule has 0 rings (SSSR count). The van der Waals surface area contributed by atoms with Crippen molar-refractivity contribution in [2.24, 2.45) is 0 Å². The highest BCUT2D eigenvalue weighted by atomic mass is 16.1. The molecule has 3 nitrogen and oxygen atoms in total. The Labute approximate surface area is 161 Å². The summed E-state index contributed by atoms with van der Waals surface area (Å²) in [5.74, 6) is 0. The maximum absolute atomic E-state index is 9.81. The largest absolute Gasteiger partial charge is 0.299 e. The zero-order valence-corrected chi connectivity index (χ0v) is 17.2. The van der Waals surface area contributed by atoms with Crippen LogP contribution >= 0.6 is 0 Å². The van der Waals surface area contributed by atoms with E-state index in [1.165, 1.54) is 51.0 Å². The fourth-order valence-corrected chi connectivity index (χ4v) is 1.82. The minimum absolute atomic E-state index is 0.801. The SMILES string of the molecule is CCCC=CC=O.CCCCCC=CC=O.CCCCCCC=CC=O. The lowest BCUT2D eigenvalue weighted by Gasteiger charge is -1.92. The number of hydrogen-bond acceptors (Lipinski definition) is 3. The summed E-state index contributed by atoms with van der Waals surface area (Å²) >= 11 is 0. The molecule has 0 spiro atoms. The normalized spacial score (nSPS) is 10.3. The lowest BCUT2D eigenvalue weighted by atomic mass is 10.1. The Morgan fingerprint density at radius 3 is 1.23 bits per heavy atom. The van der Waals surface area contributed by atoms with Gasteiger partial charge in [-0.3, -0.25) is 14.4 Å². The van der Waals surface area contributed by atoms with Crippen LogP contribution < -0.4 is 0 Å². The molecule has 3 heteroatoms. The van der Waals surface area contributed by atoms with Crippen LogP contribution in [0.25, 0.3) is 0 Å². The van der Waals surface area contributed by atoms with Crippen LogP contribution in [0.1, 0.15) is 91.4 Å². The Hall–Kier alpha value is -1.77. The lowest BCUT2D eigenvalue weighted by molar-refractivity contribution is -0.104. The second-order valence-corrected chi connectivity index (χ2v) is 5.83. The van der Waals surface area contributed by atoms with Crippen molar-refractivity contribution in [3.8, 4) is 0 Å². The Morgan fingerprint density at radius 2 is 0.846 bits per heavy atom. The molecule has 0 fully saturated rings. The summed E-state index contributed by atoms with van der Waals surface area (Å²) in [7, 11) is 0. The monoisotopic (exact) mass is 364 g/mol. The summed E-state index contributed by atoms with van der Waals surface area (Å²) < 4.78 is 0. The van der Waals surface area contributed by atoms with Crippen LogP contribution in [0.3, 0.4) is 0 Å². The Bertz CT molecular complexity index is 354. The van der Waals surface area contributed by atoms with Gasteiger partial charge in [0.15, 0.2) is 0 Å². The highest BCUT2D eigenvalue weighted by Gasteiger charge is 1.83. The molecule has 0 aromatic heterocycles. The van der Waals surface area contributed by atoms with E-state index in [1.807, 2.05) is 18.2 Å². The van der Waals surface area contributed by atoms with Crippen molar-refractivity contribution in [3.63, 3.8) is 0 Å². The van der Waals surface area contributed by atoms with Crippen LogP contribution in [0.4, 0.5) is 0 Å². The van der Waals surface area contributed by atoms with Crippen LogP contribution in [-0.2, 0) is 14.4 Å². The molecule has 0 unspecified atom stereocenters. The smallest absolute Gasteiger partial charge is 0.142 e. The molecule has 26 heavy (non-hydrogen) atoms. The van der Waals surface area contributed by atoms with Gasteiger partial charge in [0, 0.05) is 0 Å². The van der Waals surface area contributed by atoms with Crippen LogP contribution in [0.2, 0.25) is 0 Å². The van der Waals surface area contributed by atoms with Gasteiger partial charge in [-0.1, -0.05) is 77.5 Å². The third-order valence-electron chi connectivity index (χ3n) is 3.30. The molecule has 0 bridgehead atoms. The quantitative estimate of drug-likeness (QED) is 0.199. The summed E-state index contributed by atoms with van der Waals surface area (Å²) in [6.45, 7) is 6.44. The summed E-state index contributed by atoms with van der Waals surface area (Å²) in [5.41, 5.74) is 0. The van der Waals surface area contributed by atoms with Crippen LogP contribution in [0.5, 0.6) is 0 Å². The van der Waals surface area contributed by atoms with Crippen LogP contribution in [0, 0.1) is 0 Å². The Balaban J connectivity index is -0.000000310. The van der Waals surface area contributed by atoms with Crippen molar-refractivity contribution < 1.29 is 14.4 Å². The minimum Gasteiger partial charge on any atom is -0.299 e. The fourth-order valence-electron chi connectivity index (χ4n) is 1.82. The molecule has 0 aliphatic rings.